The Hall–Kier alpha value is -1.65. The van der Waals surface area contributed by atoms with Crippen molar-refractivity contribution in [1.82, 2.24) is 10.3 Å². The number of nitrogens with zero attached hydrogens (tertiary/aromatic N) is 1. The number of ether oxygens (including phenoxy) is 1. The lowest BCUT2D eigenvalue weighted by Crippen LogP contribution is -2.30. The molecule has 0 amide bonds. The van der Waals surface area contributed by atoms with E-state index in [0.29, 0.717) is 0 Å². The van der Waals surface area contributed by atoms with E-state index in [0.717, 1.165) is 48.4 Å². The molecular formula is C17H25N3O. The van der Waals surface area contributed by atoms with Gasteiger partial charge in [0, 0.05) is 37.9 Å². The maximum atomic E-state index is 6.10. The number of anilines is 1. The highest BCUT2D eigenvalue weighted by atomic mass is 16.5. The Labute approximate surface area is 126 Å². The molecule has 1 aromatic heterocycles. The lowest BCUT2D eigenvalue weighted by Gasteiger charge is -2.24. The van der Waals surface area contributed by atoms with E-state index < -0.39 is 0 Å². The normalized spacial score (nSPS) is 12.0. The number of rotatable bonds is 7. The first-order valence-electron chi connectivity index (χ1n) is 7.36. The van der Waals surface area contributed by atoms with E-state index in [9.17, 15) is 0 Å². The van der Waals surface area contributed by atoms with E-state index in [1.165, 1.54) is 0 Å². The first kappa shape index (κ1) is 15.7. The Morgan fingerprint density at radius 3 is 2.81 bits per heavy atom. The number of pyridine rings is 1. The summed E-state index contributed by atoms with van der Waals surface area (Å²) in [5.74, 6) is 0. The maximum absolute atomic E-state index is 6.10. The minimum atomic E-state index is 0.207. The summed E-state index contributed by atoms with van der Waals surface area (Å²) in [6, 6.07) is 9.92. The second kappa shape index (κ2) is 6.87. The van der Waals surface area contributed by atoms with Crippen molar-refractivity contribution in [1.29, 1.82) is 0 Å². The average Bonchev–Trinajstić information content (AvgIpc) is 2.45. The SMILES string of the molecule is COCCC(C)(C)CNCc1cc(N)c2ccccc2n1. The third-order valence-electron chi connectivity index (χ3n) is 3.69. The number of aromatic nitrogens is 1. The highest BCUT2D eigenvalue weighted by Crippen LogP contribution is 2.21. The topological polar surface area (TPSA) is 60.2 Å². The first-order valence-corrected chi connectivity index (χ1v) is 7.36. The van der Waals surface area contributed by atoms with Crippen molar-refractivity contribution in [3.8, 4) is 0 Å². The van der Waals surface area contributed by atoms with Crippen molar-refractivity contribution in [3.05, 3.63) is 36.0 Å². The smallest absolute Gasteiger partial charge is 0.0726 e. The fourth-order valence-electron chi connectivity index (χ4n) is 2.35. The van der Waals surface area contributed by atoms with Gasteiger partial charge in [-0.15, -0.1) is 0 Å². The van der Waals surface area contributed by atoms with Gasteiger partial charge in [-0.3, -0.25) is 4.98 Å². The van der Waals surface area contributed by atoms with Crippen LogP contribution in [0.15, 0.2) is 30.3 Å². The predicted molar refractivity (Wildman–Crippen MR) is 88.1 cm³/mol. The third kappa shape index (κ3) is 4.41. The lowest BCUT2D eigenvalue weighted by molar-refractivity contribution is 0.150. The zero-order chi connectivity index (χ0) is 15.3. The Morgan fingerprint density at radius 1 is 1.29 bits per heavy atom. The van der Waals surface area contributed by atoms with Crippen LogP contribution in [-0.4, -0.2) is 25.2 Å². The second-order valence-corrected chi connectivity index (χ2v) is 6.23. The van der Waals surface area contributed by atoms with E-state index in [1.807, 2.05) is 30.3 Å². The molecule has 1 heterocycles. The number of nitrogen functional groups attached to an aromatic ring is 1. The number of methoxy groups -OCH3 is 1. The van der Waals surface area contributed by atoms with Gasteiger partial charge >= 0.3 is 0 Å². The molecule has 2 aromatic rings. The van der Waals surface area contributed by atoms with Gasteiger partial charge in [0.2, 0.25) is 0 Å². The fourth-order valence-corrected chi connectivity index (χ4v) is 2.35. The highest BCUT2D eigenvalue weighted by Gasteiger charge is 2.16. The van der Waals surface area contributed by atoms with Crippen LogP contribution in [0.5, 0.6) is 0 Å². The van der Waals surface area contributed by atoms with Gasteiger partial charge in [-0.25, -0.2) is 0 Å². The molecule has 4 heteroatoms. The highest BCUT2D eigenvalue weighted by molar-refractivity contribution is 5.90. The van der Waals surface area contributed by atoms with Gasteiger partial charge in [-0.05, 0) is 24.0 Å². The number of nitrogens with two attached hydrogens (primary N) is 1. The molecule has 3 N–H and O–H groups in total. The van der Waals surface area contributed by atoms with Gasteiger partial charge in [-0.2, -0.15) is 0 Å². The molecule has 0 aliphatic carbocycles. The summed E-state index contributed by atoms with van der Waals surface area (Å²) in [6.07, 6.45) is 1.03. The summed E-state index contributed by atoms with van der Waals surface area (Å²) in [4.78, 5) is 4.65. The molecular weight excluding hydrogens is 262 g/mol. The summed E-state index contributed by atoms with van der Waals surface area (Å²) in [5, 5.41) is 4.48. The molecule has 0 bridgehead atoms. The molecule has 0 aliphatic heterocycles. The zero-order valence-corrected chi connectivity index (χ0v) is 13.1. The molecule has 0 saturated carbocycles. The molecule has 0 unspecified atom stereocenters. The Kier molecular flexibility index (Phi) is 5.15. The van der Waals surface area contributed by atoms with E-state index in [1.54, 1.807) is 7.11 Å². The summed E-state index contributed by atoms with van der Waals surface area (Å²) >= 11 is 0. The largest absolute Gasteiger partial charge is 0.398 e. The molecule has 4 nitrogen and oxygen atoms in total. The van der Waals surface area contributed by atoms with Crippen molar-refractivity contribution >= 4 is 16.6 Å². The molecule has 0 spiro atoms. The van der Waals surface area contributed by atoms with Crippen LogP contribution < -0.4 is 11.1 Å². The molecule has 0 atom stereocenters. The zero-order valence-electron chi connectivity index (χ0n) is 13.1. The Morgan fingerprint density at radius 2 is 2.05 bits per heavy atom. The van der Waals surface area contributed by atoms with Crippen molar-refractivity contribution in [2.45, 2.75) is 26.8 Å². The van der Waals surface area contributed by atoms with Crippen LogP contribution in [0.2, 0.25) is 0 Å². The monoisotopic (exact) mass is 287 g/mol. The average molecular weight is 287 g/mol. The quantitative estimate of drug-likeness (QED) is 0.822. The van der Waals surface area contributed by atoms with Crippen molar-refractivity contribution in [2.24, 2.45) is 5.41 Å². The number of hydrogen-bond acceptors (Lipinski definition) is 4. The number of benzene rings is 1. The third-order valence-corrected chi connectivity index (χ3v) is 3.69. The maximum Gasteiger partial charge on any atom is 0.0726 e. The summed E-state index contributed by atoms with van der Waals surface area (Å²) in [6.45, 7) is 6.91. The summed E-state index contributed by atoms with van der Waals surface area (Å²) in [7, 11) is 1.74. The lowest BCUT2D eigenvalue weighted by atomic mass is 9.90. The van der Waals surface area contributed by atoms with Gasteiger partial charge in [-0.1, -0.05) is 32.0 Å². The summed E-state index contributed by atoms with van der Waals surface area (Å²) in [5.41, 5.74) is 9.02. The molecule has 0 saturated heterocycles. The van der Waals surface area contributed by atoms with Gasteiger partial charge in [0.25, 0.3) is 0 Å². The van der Waals surface area contributed by atoms with Crippen molar-refractivity contribution in [2.75, 3.05) is 26.0 Å². The molecule has 2 rings (SSSR count). The Balaban J connectivity index is 1.97. The van der Waals surface area contributed by atoms with Gasteiger partial charge < -0.3 is 15.8 Å². The number of nitrogens with one attached hydrogen (secondary N) is 1. The molecule has 114 valence electrons. The number of fused-ring (bicyclic) bond motifs is 1. The number of hydrogen-bond donors (Lipinski definition) is 2. The van der Waals surface area contributed by atoms with Gasteiger partial charge in [0.15, 0.2) is 0 Å². The van der Waals surface area contributed by atoms with Crippen LogP contribution in [0.25, 0.3) is 10.9 Å². The van der Waals surface area contributed by atoms with Crippen LogP contribution in [0.1, 0.15) is 26.0 Å². The predicted octanol–water partition coefficient (Wildman–Crippen LogP) is 2.97. The van der Waals surface area contributed by atoms with E-state index >= 15 is 0 Å². The van der Waals surface area contributed by atoms with Crippen molar-refractivity contribution < 1.29 is 4.74 Å². The van der Waals surface area contributed by atoms with E-state index in [-0.39, 0.29) is 5.41 Å². The van der Waals surface area contributed by atoms with Crippen molar-refractivity contribution in [3.63, 3.8) is 0 Å². The standard InChI is InChI=1S/C17H25N3O/c1-17(2,8-9-21-3)12-19-11-13-10-15(18)14-6-4-5-7-16(14)20-13/h4-7,10,19H,8-9,11-12H2,1-3H3,(H2,18,20). The Bertz CT molecular complexity index is 596. The van der Waals surface area contributed by atoms with Crippen LogP contribution in [-0.2, 0) is 11.3 Å². The molecule has 0 radical (unpaired) electrons. The van der Waals surface area contributed by atoms with E-state index in [2.05, 4.69) is 24.1 Å². The van der Waals surface area contributed by atoms with Crippen LogP contribution in [0.3, 0.4) is 0 Å². The van der Waals surface area contributed by atoms with Crippen LogP contribution >= 0.6 is 0 Å². The molecule has 0 fully saturated rings. The van der Waals surface area contributed by atoms with Gasteiger partial charge in [0.05, 0.1) is 11.2 Å². The van der Waals surface area contributed by atoms with Crippen LogP contribution in [0.4, 0.5) is 5.69 Å². The van der Waals surface area contributed by atoms with E-state index in [4.69, 9.17) is 10.5 Å². The number of para-hydroxylation sites is 1. The van der Waals surface area contributed by atoms with Crippen LogP contribution in [0, 0.1) is 5.41 Å². The second-order valence-electron chi connectivity index (χ2n) is 6.23. The summed E-state index contributed by atoms with van der Waals surface area (Å²) < 4.78 is 5.15. The first-order chi connectivity index (χ1) is 10.0. The van der Waals surface area contributed by atoms with Gasteiger partial charge in [0.1, 0.15) is 0 Å². The minimum Gasteiger partial charge on any atom is -0.398 e. The minimum absolute atomic E-state index is 0.207. The molecule has 1 aromatic carbocycles. The molecule has 0 aliphatic rings. The fraction of sp³-hybridized carbons (Fsp3) is 0.471. The molecule has 21 heavy (non-hydrogen) atoms.